The summed E-state index contributed by atoms with van der Waals surface area (Å²) in [5.74, 6) is 1.01. The van der Waals surface area contributed by atoms with Crippen molar-refractivity contribution in [2.75, 3.05) is 25.1 Å². The minimum absolute atomic E-state index is 0.0569. The molecule has 2 bridgehead atoms. The maximum absolute atomic E-state index is 12.8. The molecule has 2 atom stereocenters. The van der Waals surface area contributed by atoms with Gasteiger partial charge in [-0.1, -0.05) is 54.1 Å². The van der Waals surface area contributed by atoms with Crippen LogP contribution in [0.2, 0.25) is 5.02 Å². The van der Waals surface area contributed by atoms with Crippen molar-refractivity contribution in [1.82, 2.24) is 4.90 Å². The summed E-state index contributed by atoms with van der Waals surface area (Å²) in [6.45, 7) is 1.62. The van der Waals surface area contributed by atoms with Crippen LogP contribution in [0.4, 0.5) is 5.69 Å². The number of para-hydroxylation sites is 2. The fourth-order valence-corrected chi connectivity index (χ4v) is 4.17. The second-order valence-corrected chi connectivity index (χ2v) is 7.07. The monoisotopic (exact) mass is 368 g/mol. The zero-order valence-corrected chi connectivity index (χ0v) is 15.4. The number of hydrogen-bond donors (Lipinski definition) is 0. The normalized spacial score (nSPS) is 22.5. The number of piperazine rings is 1. The Morgan fingerprint density at radius 1 is 1.19 bits per heavy atom. The zero-order valence-electron chi connectivity index (χ0n) is 14.6. The van der Waals surface area contributed by atoms with Crippen LogP contribution < -0.4 is 9.64 Å². The number of halogens is 1. The summed E-state index contributed by atoms with van der Waals surface area (Å²) in [7, 11) is 1.67. The molecule has 2 aliphatic rings. The molecule has 4 nitrogen and oxygen atoms in total. The highest BCUT2D eigenvalue weighted by molar-refractivity contribution is 6.34. The van der Waals surface area contributed by atoms with Crippen LogP contribution in [0.25, 0.3) is 6.08 Å². The van der Waals surface area contributed by atoms with Gasteiger partial charge in [0.1, 0.15) is 5.75 Å². The first-order valence-electron chi connectivity index (χ1n) is 8.80. The largest absolute Gasteiger partial charge is 0.496 e. The third-order valence-corrected chi connectivity index (χ3v) is 5.48. The van der Waals surface area contributed by atoms with E-state index in [2.05, 4.69) is 17.1 Å². The zero-order chi connectivity index (χ0) is 18.1. The molecule has 0 aromatic heterocycles. The van der Waals surface area contributed by atoms with Gasteiger partial charge in [0.25, 0.3) is 0 Å². The van der Waals surface area contributed by atoms with Crippen LogP contribution in [0, 0.1) is 0 Å². The molecule has 2 aromatic carbocycles. The van der Waals surface area contributed by atoms with Gasteiger partial charge in [-0.2, -0.15) is 0 Å². The smallest absolute Gasteiger partial charge is 0.244 e. The number of nitrogens with zero attached hydrogens (tertiary/aromatic N) is 2. The molecule has 134 valence electrons. The summed E-state index contributed by atoms with van der Waals surface area (Å²) in [4.78, 5) is 17.0. The summed E-state index contributed by atoms with van der Waals surface area (Å²) < 4.78 is 5.37. The molecule has 2 aliphatic heterocycles. The standard InChI is InChI=1S/C21H21ClN2O2/c1-26-20-11-5-2-7-15(20)8-6-12-23-14-16-13-19(23)21(25)24(16)18-10-4-3-9-17(18)22/h2-11,16,19H,12-14H2,1H3/b8-6+/t16-,19-/m0/s1. The molecular formula is C21H21ClN2O2. The third-order valence-electron chi connectivity index (χ3n) is 5.16. The lowest BCUT2D eigenvalue weighted by molar-refractivity contribution is -0.122. The van der Waals surface area contributed by atoms with Crippen molar-refractivity contribution in [3.8, 4) is 5.75 Å². The molecular weight excluding hydrogens is 348 g/mol. The van der Waals surface area contributed by atoms with Crippen LogP contribution in [0.1, 0.15) is 12.0 Å². The number of anilines is 1. The number of benzene rings is 2. The van der Waals surface area contributed by atoms with E-state index in [1.165, 1.54) is 0 Å². The first-order valence-corrected chi connectivity index (χ1v) is 9.18. The van der Waals surface area contributed by atoms with Crippen molar-refractivity contribution in [3.05, 3.63) is 65.2 Å². The van der Waals surface area contributed by atoms with Crippen LogP contribution in [0.3, 0.4) is 0 Å². The maximum Gasteiger partial charge on any atom is 0.244 e. The minimum atomic E-state index is -0.0569. The molecule has 26 heavy (non-hydrogen) atoms. The van der Waals surface area contributed by atoms with Crippen LogP contribution in [0.15, 0.2) is 54.6 Å². The summed E-state index contributed by atoms with van der Waals surface area (Å²) in [6.07, 6.45) is 5.03. The van der Waals surface area contributed by atoms with E-state index in [1.807, 2.05) is 53.4 Å². The van der Waals surface area contributed by atoms with Gasteiger partial charge in [0.2, 0.25) is 5.91 Å². The summed E-state index contributed by atoms with van der Waals surface area (Å²) in [6, 6.07) is 15.6. The van der Waals surface area contributed by atoms with Gasteiger partial charge in [-0.25, -0.2) is 0 Å². The van der Waals surface area contributed by atoms with E-state index in [1.54, 1.807) is 7.11 Å². The molecule has 0 saturated carbocycles. The number of ether oxygens (including phenoxy) is 1. The predicted octanol–water partition coefficient (Wildman–Crippen LogP) is 3.85. The molecule has 0 unspecified atom stereocenters. The van der Waals surface area contributed by atoms with Crippen LogP contribution in [-0.2, 0) is 4.79 Å². The molecule has 0 radical (unpaired) electrons. The van der Waals surface area contributed by atoms with Gasteiger partial charge in [0, 0.05) is 18.7 Å². The number of fused-ring (bicyclic) bond motifs is 2. The lowest BCUT2D eigenvalue weighted by Crippen LogP contribution is -2.50. The molecule has 0 spiro atoms. The van der Waals surface area contributed by atoms with E-state index in [-0.39, 0.29) is 18.0 Å². The Morgan fingerprint density at radius 2 is 1.96 bits per heavy atom. The second-order valence-electron chi connectivity index (χ2n) is 6.66. The Labute approximate surface area is 158 Å². The van der Waals surface area contributed by atoms with Crippen molar-refractivity contribution in [3.63, 3.8) is 0 Å². The Hall–Kier alpha value is -2.30. The van der Waals surface area contributed by atoms with Gasteiger partial charge < -0.3 is 9.64 Å². The number of carbonyl (C=O) groups excluding carboxylic acids is 1. The highest BCUT2D eigenvalue weighted by Gasteiger charge is 2.49. The van der Waals surface area contributed by atoms with Gasteiger partial charge in [-0.3, -0.25) is 9.69 Å². The summed E-state index contributed by atoms with van der Waals surface area (Å²) in [5, 5.41) is 0.635. The Kier molecular flexibility index (Phi) is 4.70. The first kappa shape index (κ1) is 17.1. The number of carbonyl (C=O) groups is 1. The van der Waals surface area contributed by atoms with E-state index < -0.39 is 0 Å². The lowest BCUT2D eigenvalue weighted by Gasteiger charge is -2.33. The number of rotatable bonds is 5. The average molecular weight is 369 g/mol. The fraction of sp³-hybridized carbons (Fsp3) is 0.286. The van der Waals surface area contributed by atoms with E-state index in [0.29, 0.717) is 5.02 Å². The topological polar surface area (TPSA) is 32.8 Å². The van der Waals surface area contributed by atoms with E-state index in [0.717, 1.165) is 36.5 Å². The molecule has 2 heterocycles. The molecule has 0 N–H and O–H groups in total. The van der Waals surface area contributed by atoms with Gasteiger partial charge in [0.15, 0.2) is 0 Å². The third kappa shape index (κ3) is 3.00. The van der Waals surface area contributed by atoms with Gasteiger partial charge >= 0.3 is 0 Å². The van der Waals surface area contributed by atoms with Gasteiger partial charge in [0.05, 0.1) is 29.9 Å². The molecule has 0 aliphatic carbocycles. The van der Waals surface area contributed by atoms with Crippen molar-refractivity contribution in [2.45, 2.75) is 18.5 Å². The van der Waals surface area contributed by atoms with Crippen molar-refractivity contribution < 1.29 is 9.53 Å². The predicted molar refractivity (Wildman–Crippen MR) is 105 cm³/mol. The Bertz CT molecular complexity index is 851. The quantitative estimate of drug-likeness (QED) is 0.803. The van der Waals surface area contributed by atoms with E-state index in [4.69, 9.17) is 16.3 Å². The minimum Gasteiger partial charge on any atom is -0.496 e. The number of likely N-dealkylation sites (tertiary alicyclic amines) is 1. The number of amides is 1. The van der Waals surface area contributed by atoms with Gasteiger partial charge in [-0.05, 0) is 24.6 Å². The fourth-order valence-electron chi connectivity index (χ4n) is 3.95. The Morgan fingerprint density at radius 3 is 2.73 bits per heavy atom. The van der Waals surface area contributed by atoms with Crippen molar-refractivity contribution >= 4 is 29.3 Å². The van der Waals surface area contributed by atoms with E-state index in [9.17, 15) is 4.79 Å². The number of hydrogen-bond acceptors (Lipinski definition) is 3. The van der Waals surface area contributed by atoms with E-state index >= 15 is 0 Å². The first-order chi connectivity index (χ1) is 12.7. The molecule has 1 amide bonds. The van der Waals surface area contributed by atoms with Gasteiger partial charge in [-0.15, -0.1) is 0 Å². The highest BCUT2D eigenvalue weighted by atomic mass is 35.5. The van der Waals surface area contributed by atoms with Crippen molar-refractivity contribution in [1.29, 1.82) is 0 Å². The lowest BCUT2D eigenvalue weighted by atomic mass is 10.2. The van der Waals surface area contributed by atoms with Crippen LogP contribution in [0.5, 0.6) is 5.75 Å². The SMILES string of the molecule is COc1ccccc1/C=C/CN1C[C@@H]2C[C@H]1C(=O)N2c1ccccc1Cl. The number of methoxy groups -OCH3 is 1. The summed E-state index contributed by atoms with van der Waals surface area (Å²) in [5.41, 5.74) is 1.87. The maximum atomic E-state index is 12.8. The summed E-state index contributed by atoms with van der Waals surface area (Å²) >= 11 is 6.29. The molecule has 4 rings (SSSR count). The molecule has 5 heteroatoms. The highest BCUT2D eigenvalue weighted by Crippen LogP contribution is 2.38. The Balaban J connectivity index is 1.44. The van der Waals surface area contributed by atoms with Crippen LogP contribution >= 0.6 is 11.6 Å². The van der Waals surface area contributed by atoms with Crippen molar-refractivity contribution in [2.24, 2.45) is 0 Å². The average Bonchev–Trinajstić information content (AvgIpc) is 3.20. The van der Waals surface area contributed by atoms with Crippen LogP contribution in [-0.4, -0.2) is 43.1 Å². The molecule has 2 saturated heterocycles. The molecule has 2 fully saturated rings. The second kappa shape index (κ2) is 7.14. The molecule has 2 aromatic rings.